The van der Waals surface area contributed by atoms with Crippen molar-refractivity contribution in [1.82, 2.24) is 10.2 Å². The number of rotatable bonds is 2. The van der Waals surface area contributed by atoms with Crippen LogP contribution in [0.1, 0.15) is 26.2 Å². The molecular weight excluding hydrogens is 178 g/mol. The minimum absolute atomic E-state index is 0.941. The van der Waals surface area contributed by atoms with E-state index in [1.165, 1.54) is 13.0 Å². The first kappa shape index (κ1) is 13.4. The second kappa shape index (κ2) is 8.97. The van der Waals surface area contributed by atoms with Crippen molar-refractivity contribution in [2.75, 3.05) is 33.7 Å². The lowest BCUT2D eigenvalue weighted by Gasteiger charge is -2.26. The second-order valence-corrected chi connectivity index (χ2v) is 3.51. The van der Waals surface area contributed by atoms with Crippen molar-refractivity contribution < 1.29 is 5.21 Å². The molecule has 0 bridgehead atoms. The minimum Gasteiger partial charge on any atom is -0.411 e. The molecule has 14 heavy (non-hydrogen) atoms. The van der Waals surface area contributed by atoms with Gasteiger partial charge in [-0.25, -0.2) is 0 Å². The number of nitrogens with one attached hydrogen (secondary N) is 1. The lowest BCUT2D eigenvalue weighted by Crippen LogP contribution is -2.34. The van der Waals surface area contributed by atoms with E-state index in [0.29, 0.717) is 0 Å². The Morgan fingerprint density at radius 2 is 1.86 bits per heavy atom. The van der Waals surface area contributed by atoms with Crippen LogP contribution in [0.15, 0.2) is 5.16 Å². The predicted molar refractivity (Wildman–Crippen MR) is 60.2 cm³/mol. The van der Waals surface area contributed by atoms with Gasteiger partial charge in [0.1, 0.15) is 0 Å². The van der Waals surface area contributed by atoms with E-state index >= 15 is 0 Å². The molecule has 1 heterocycles. The molecule has 84 valence electrons. The molecule has 0 aromatic heterocycles. The van der Waals surface area contributed by atoms with Crippen LogP contribution in [0, 0.1) is 0 Å². The van der Waals surface area contributed by atoms with Gasteiger partial charge in [0, 0.05) is 25.9 Å². The van der Waals surface area contributed by atoms with Crippen LogP contribution in [0.3, 0.4) is 0 Å². The van der Waals surface area contributed by atoms with Crippen molar-refractivity contribution in [1.29, 1.82) is 0 Å². The van der Waals surface area contributed by atoms with Gasteiger partial charge in [0.15, 0.2) is 0 Å². The van der Waals surface area contributed by atoms with Crippen molar-refractivity contribution in [3.8, 4) is 0 Å². The molecular formula is C10H23N3O. The topological polar surface area (TPSA) is 47.9 Å². The number of likely N-dealkylation sites (tertiary alicyclic amines) is 1. The van der Waals surface area contributed by atoms with Gasteiger partial charge in [0.25, 0.3) is 0 Å². The second-order valence-electron chi connectivity index (χ2n) is 3.51. The average molecular weight is 201 g/mol. The summed E-state index contributed by atoms with van der Waals surface area (Å²) in [4.78, 5) is 2.41. The van der Waals surface area contributed by atoms with E-state index in [2.05, 4.69) is 22.3 Å². The molecule has 0 unspecified atom stereocenters. The lowest BCUT2D eigenvalue weighted by molar-refractivity contribution is 0.263. The zero-order valence-corrected chi connectivity index (χ0v) is 9.58. The summed E-state index contributed by atoms with van der Waals surface area (Å²) in [5, 5.41) is 14.5. The quantitative estimate of drug-likeness (QED) is 0.520. The highest BCUT2D eigenvalue weighted by molar-refractivity contribution is 5.84. The Kier molecular flexibility index (Phi) is 8.57. The van der Waals surface area contributed by atoms with Crippen LogP contribution in [0.4, 0.5) is 0 Å². The zero-order valence-electron chi connectivity index (χ0n) is 9.58. The van der Waals surface area contributed by atoms with Gasteiger partial charge in [-0.1, -0.05) is 12.1 Å². The largest absolute Gasteiger partial charge is 0.411 e. The van der Waals surface area contributed by atoms with Crippen molar-refractivity contribution in [3.63, 3.8) is 0 Å². The summed E-state index contributed by atoms with van der Waals surface area (Å²) >= 11 is 0. The highest BCUT2D eigenvalue weighted by atomic mass is 16.4. The summed E-state index contributed by atoms with van der Waals surface area (Å²) in [5.41, 5.74) is 0.956. The van der Waals surface area contributed by atoms with E-state index < -0.39 is 0 Å². The third-order valence-corrected chi connectivity index (χ3v) is 2.11. The van der Waals surface area contributed by atoms with Gasteiger partial charge in [0.05, 0.1) is 5.71 Å². The van der Waals surface area contributed by atoms with Crippen LogP contribution < -0.4 is 5.32 Å². The van der Waals surface area contributed by atoms with Crippen molar-refractivity contribution in [3.05, 3.63) is 0 Å². The molecule has 1 fully saturated rings. The SMILES string of the molecule is CCCN1CCC(=NO)CC1.CNC. The highest BCUT2D eigenvalue weighted by Crippen LogP contribution is 2.06. The van der Waals surface area contributed by atoms with E-state index in [1.807, 2.05) is 14.1 Å². The van der Waals surface area contributed by atoms with Gasteiger partial charge in [-0.2, -0.15) is 0 Å². The van der Waals surface area contributed by atoms with E-state index in [-0.39, 0.29) is 0 Å². The van der Waals surface area contributed by atoms with E-state index in [9.17, 15) is 0 Å². The molecule has 0 aromatic carbocycles. The summed E-state index contributed by atoms with van der Waals surface area (Å²) in [5.74, 6) is 0. The maximum Gasteiger partial charge on any atom is 0.0596 e. The fraction of sp³-hybridized carbons (Fsp3) is 0.900. The first-order chi connectivity index (χ1) is 6.78. The van der Waals surface area contributed by atoms with Crippen molar-refractivity contribution >= 4 is 5.71 Å². The third kappa shape index (κ3) is 5.94. The van der Waals surface area contributed by atoms with E-state index in [0.717, 1.165) is 31.6 Å². The molecule has 0 aliphatic carbocycles. The Labute approximate surface area is 87.0 Å². The summed E-state index contributed by atoms with van der Waals surface area (Å²) < 4.78 is 0. The molecule has 4 nitrogen and oxygen atoms in total. The Morgan fingerprint density at radius 1 is 1.36 bits per heavy atom. The zero-order chi connectivity index (χ0) is 10.8. The number of piperidine rings is 1. The number of hydrogen-bond acceptors (Lipinski definition) is 4. The summed E-state index contributed by atoms with van der Waals surface area (Å²) in [6, 6.07) is 0. The molecule has 1 saturated heterocycles. The molecule has 0 atom stereocenters. The normalized spacial score (nSPS) is 17.2. The Balaban J connectivity index is 0.000000500. The van der Waals surface area contributed by atoms with E-state index in [1.54, 1.807) is 0 Å². The third-order valence-electron chi connectivity index (χ3n) is 2.11. The van der Waals surface area contributed by atoms with Crippen LogP contribution in [-0.4, -0.2) is 49.5 Å². The molecule has 1 aliphatic heterocycles. The summed E-state index contributed by atoms with van der Waals surface area (Å²) in [7, 11) is 3.75. The first-order valence-electron chi connectivity index (χ1n) is 5.29. The van der Waals surface area contributed by atoms with Gasteiger partial charge in [0.2, 0.25) is 0 Å². The van der Waals surface area contributed by atoms with Gasteiger partial charge >= 0.3 is 0 Å². The first-order valence-corrected chi connectivity index (χ1v) is 5.29. The molecule has 0 spiro atoms. The number of hydrogen-bond donors (Lipinski definition) is 2. The van der Waals surface area contributed by atoms with Crippen molar-refractivity contribution in [2.45, 2.75) is 26.2 Å². The molecule has 0 saturated carbocycles. The maximum atomic E-state index is 8.48. The smallest absolute Gasteiger partial charge is 0.0596 e. The molecule has 4 heteroatoms. The average Bonchev–Trinajstić information content (AvgIpc) is 2.21. The highest BCUT2D eigenvalue weighted by Gasteiger charge is 2.13. The van der Waals surface area contributed by atoms with Crippen molar-refractivity contribution in [2.24, 2.45) is 5.16 Å². The molecule has 1 aliphatic rings. The Morgan fingerprint density at radius 3 is 2.21 bits per heavy atom. The fourth-order valence-electron chi connectivity index (χ4n) is 1.45. The lowest BCUT2D eigenvalue weighted by atomic mass is 10.1. The minimum atomic E-state index is 0.941. The van der Waals surface area contributed by atoms with Gasteiger partial charge in [-0.05, 0) is 27.1 Å². The fourth-order valence-corrected chi connectivity index (χ4v) is 1.45. The molecule has 1 rings (SSSR count). The van der Waals surface area contributed by atoms with Gasteiger partial charge in [-0.15, -0.1) is 0 Å². The number of oxime groups is 1. The summed E-state index contributed by atoms with van der Waals surface area (Å²) in [6.07, 6.45) is 3.10. The van der Waals surface area contributed by atoms with Crippen LogP contribution in [0.2, 0.25) is 0 Å². The van der Waals surface area contributed by atoms with Crippen LogP contribution in [0.25, 0.3) is 0 Å². The standard InChI is InChI=1S/C8H16N2O.C2H7N/c1-2-5-10-6-3-8(9-11)4-7-10;1-3-2/h11H,2-7H2,1H3;3H,1-2H3. The Bertz CT molecular complexity index is 149. The maximum absolute atomic E-state index is 8.48. The Hall–Kier alpha value is -0.610. The van der Waals surface area contributed by atoms with Crippen LogP contribution in [0.5, 0.6) is 0 Å². The molecule has 2 N–H and O–H groups in total. The van der Waals surface area contributed by atoms with E-state index in [4.69, 9.17) is 5.21 Å². The predicted octanol–water partition coefficient (Wildman–Crippen LogP) is 1.16. The monoisotopic (exact) mass is 201 g/mol. The molecule has 0 aromatic rings. The summed E-state index contributed by atoms with van der Waals surface area (Å²) in [6.45, 7) is 5.49. The van der Waals surface area contributed by atoms with Crippen LogP contribution >= 0.6 is 0 Å². The van der Waals surface area contributed by atoms with Gasteiger partial charge < -0.3 is 15.4 Å². The molecule has 0 amide bonds. The number of nitrogens with zero attached hydrogens (tertiary/aromatic N) is 2. The van der Waals surface area contributed by atoms with Gasteiger partial charge in [-0.3, -0.25) is 0 Å². The van der Waals surface area contributed by atoms with Crippen LogP contribution in [-0.2, 0) is 0 Å². The molecule has 0 radical (unpaired) electrons.